The molecule has 0 bridgehead atoms. The monoisotopic (exact) mass is 279 g/mol. The second kappa shape index (κ2) is 4.69. The second-order valence-electron chi connectivity index (χ2n) is 5.96. The molecule has 0 N–H and O–H groups in total. The van der Waals surface area contributed by atoms with Gasteiger partial charge in [0.15, 0.2) is 5.54 Å². The Balaban J connectivity index is 1.75. The Labute approximate surface area is 123 Å². The van der Waals surface area contributed by atoms with Crippen molar-refractivity contribution in [3.8, 4) is 0 Å². The second-order valence-corrected chi connectivity index (χ2v) is 5.96. The molecule has 1 fully saturated rings. The van der Waals surface area contributed by atoms with Gasteiger partial charge in [-0.2, -0.15) is 0 Å². The predicted molar refractivity (Wildman–Crippen MR) is 82.4 cm³/mol. The number of cyclic esters (lactones) is 1. The summed E-state index contributed by atoms with van der Waals surface area (Å²) in [4.78, 5) is 16.9. The first kappa shape index (κ1) is 12.6. The van der Waals surface area contributed by atoms with E-state index in [4.69, 9.17) is 4.74 Å². The number of fused-ring (bicyclic) bond motifs is 1. The van der Waals surface area contributed by atoms with Gasteiger partial charge in [0.2, 0.25) is 5.90 Å². The topological polar surface area (TPSA) is 38.7 Å². The van der Waals surface area contributed by atoms with Crippen LogP contribution in [0.15, 0.2) is 47.5 Å². The summed E-state index contributed by atoms with van der Waals surface area (Å²) in [6.07, 6.45) is 4.95. The zero-order valence-corrected chi connectivity index (χ0v) is 11.8. The van der Waals surface area contributed by atoms with Gasteiger partial charge < -0.3 is 4.74 Å². The molecule has 21 heavy (non-hydrogen) atoms. The molecule has 3 heteroatoms. The van der Waals surface area contributed by atoms with Gasteiger partial charge in [-0.15, -0.1) is 0 Å². The molecule has 1 saturated carbocycles. The van der Waals surface area contributed by atoms with Gasteiger partial charge in [-0.3, -0.25) is 0 Å². The first-order valence-electron chi connectivity index (χ1n) is 7.58. The summed E-state index contributed by atoms with van der Waals surface area (Å²) < 4.78 is 5.50. The Kier molecular flexibility index (Phi) is 2.81. The van der Waals surface area contributed by atoms with Gasteiger partial charge >= 0.3 is 5.97 Å². The molecule has 4 rings (SSSR count). The standard InChI is InChI=1S/C18H17NO2/c20-17-18(10-4-1-5-11-18)19-16(21-17)15-9-8-13-6-2-3-7-14(13)12-15/h2-3,6-9,12H,1,4-5,10-11H2. The van der Waals surface area contributed by atoms with Crippen LogP contribution in [0.4, 0.5) is 0 Å². The van der Waals surface area contributed by atoms with Gasteiger partial charge in [0.1, 0.15) is 0 Å². The molecule has 0 aromatic heterocycles. The van der Waals surface area contributed by atoms with Crippen molar-refractivity contribution in [1.29, 1.82) is 0 Å². The lowest BCUT2D eigenvalue weighted by Gasteiger charge is -2.25. The van der Waals surface area contributed by atoms with Crippen molar-refractivity contribution < 1.29 is 9.53 Å². The van der Waals surface area contributed by atoms with Crippen molar-refractivity contribution in [2.24, 2.45) is 4.99 Å². The molecular formula is C18H17NO2. The summed E-state index contributed by atoms with van der Waals surface area (Å²) in [7, 11) is 0. The van der Waals surface area contributed by atoms with E-state index in [0.717, 1.165) is 36.6 Å². The molecule has 2 aromatic carbocycles. The van der Waals surface area contributed by atoms with Gasteiger partial charge in [0.05, 0.1) is 0 Å². The van der Waals surface area contributed by atoms with Crippen LogP contribution in [0.2, 0.25) is 0 Å². The van der Waals surface area contributed by atoms with Crippen LogP contribution in [0.5, 0.6) is 0 Å². The number of aliphatic imine (C=N–C) groups is 1. The molecule has 3 nitrogen and oxygen atoms in total. The Morgan fingerprint density at radius 3 is 2.52 bits per heavy atom. The number of benzene rings is 2. The minimum absolute atomic E-state index is 0.162. The summed E-state index contributed by atoms with van der Waals surface area (Å²) in [5.74, 6) is 0.331. The summed E-state index contributed by atoms with van der Waals surface area (Å²) in [5, 5.41) is 2.32. The highest BCUT2D eigenvalue weighted by atomic mass is 16.6. The number of nitrogens with zero attached hydrogens (tertiary/aromatic N) is 1. The van der Waals surface area contributed by atoms with Gasteiger partial charge in [-0.1, -0.05) is 49.6 Å². The summed E-state index contributed by atoms with van der Waals surface area (Å²) in [5.41, 5.74) is 0.295. The molecule has 1 aliphatic heterocycles. The van der Waals surface area contributed by atoms with E-state index in [-0.39, 0.29) is 5.97 Å². The van der Waals surface area contributed by atoms with Gasteiger partial charge in [-0.05, 0) is 35.7 Å². The smallest absolute Gasteiger partial charge is 0.340 e. The van der Waals surface area contributed by atoms with E-state index in [9.17, 15) is 4.79 Å². The summed E-state index contributed by atoms with van der Waals surface area (Å²) in [6.45, 7) is 0. The van der Waals surface area contributed by atoms with Crippen molar-refractivity contribution in [2.45, 2.75) is 37.6 Å². The quantitative estimate of drug-likeness (QED) is 0.744. The van der Waals surface area contributed by atoms with Crippen LogP contribution in [0, 0.1) is 0 Å². The van der Waals surface area contributed by atoms with Crippen molar-refractivity contribution in [1.82, 2.24) is 0 Å². The number of carbonyl (C=O) groups is 1. The largest absolute Gasteiger partial charge is 0.405 e. The highest BCUT2D eigenvalue weighted by Crippen LogP contribution is 2.37. The van der Waals surface area contributed by atoms with Gasteiger partial charge in [0, 0.05) is 5.56 Å². The number of hydrogen-bond donors (Lipinski definition) is 0. The molecular weight excluding hydrogens is 262 g/mol. The Morgan fingerprint density at radius 2 is 1.71 bits per heavy atom. The molecule has 2 aromatic rings. The third-order valence-corrected chi connectivity index (χ3v) is 4.56. The van der Waals surface area contributed by atoms with E-state index in [1.807, 2.05) is 30.3 Å². The third kappa shape index (κ3) is 2.04. The number of rotatable bonds is 1. The lowest BCUT2D eigenvalue weighted by Crippen LogP contribution is -2.35. The number of carbonyl (C=O) groups excluding carboxylic acids is 1. The van der Waals surface area contributed by atoms with Crippen LogP contribution in [0.3, 0.4) is 0 Å². The van der Waals surface area contributed by atoms with Crippen LogP contribution in [0.1, 0.15) is 37.7 Å². The van der Waals surface area contributed by atoms with E-state index < -0.39 is 5.54 Å². The molecule has 1 spiro atoms. The van der Waals surface area contributed by atoms with Crippen LogP contribution < -0.4 is 0 Å². The average Bonchev–Trinajstić information content (AvgIpc) is 2.84. The van der Waals surface area contributed by atoms with Crippen molar-refractivity contribution >= 4 is 22.6 Å². The van der Waals surface area contributed by atoms with E-state index in [1.54, 1.807) is 0 Å². The van der Waals surface area contributed by atoms with Crippen LogP contribution in [-0.2, 0) is 9.53 Å². The molecule has 0 amide bonds. The molecule has 1 aliphatic carbocycles. The summed E-state index contributed by atoms with van der Waals surface area (Å²) >= 11 is 0. The van der Waals surface area contributed by atoms with Crippen molar-refractivity contribution in [3.05, 3.63) is 48.0 Å². The lowest BCUT2D eigenvalue weighted by molar-refractivity contribution is -0.140. The minimum Gasteiger partial charge on any atom is -0.405 e. The normalized spacial score (nSPS) is 20.6. The fourth-order valence-electron chi connectivity index (χ4n) is 3.34. The highest BCUT2D eigenvalue weighted by Gasteiger charge is 2.46. The lowest BCUT2D eigenvalue weighted by atomic mass is 9.83. The maximum Gasteiger partial charge on any atom is 0.340 e. The van der Waals surface area contributed by atoms with Crippen LogP contribution >= 0.6 is 0 Å². The fourth-order valence-corrected chi connectivity index (χ4v) is 3.34. The highest BCUT2D eigenvalue weighted by molar-refractivity contribution is 6.09. The zero-order chi connectivity index (χ0) is 14.3. The number of hydrogen-bond acceptors (Lipinski definition) is 3. The molecule has 0 atom stereocenters. The minimum atomic E-state index is -0.598. The van der Waals surface area contributed by atoms with Gasteiger partial charge in [-0.25, -0.2) is 9.79 Å². The Bertz CT molecular complexity index is 742. The molecule has 2 aliphatic rings. The molecule has 1 heterocycles. The molecule has 106 valence electrons. The maximum atomic E-state index is 12.3. The molecule has 0 saturated heterocycles. The average molecular weight is 279 g/mol. The third-order valence-electron chi connectivity index (χ3n) is 4.56. The SMILES string of the molecule is O=C1OC(c2ccc3ccccc3c2)=NC12CCCCC2. The zero-order valence-electron chi connectivity index (χ0n) is 11.8. The van der Waals surface area contributed by atoms with E-state index in [0.29, 0.717) is 5.90 Å². The Hall–Kier alpha value is -2.16. The van der Waals surface area contributed by atoms with Crippen molar-refractivity contribution in [3.63, 3.8) is 0 Å². The first-order chi connectivity index (χ1) is 10.3. The van der Waals surface area contributed by atoms with Gasteiger partial charge in [0.25, 0.3) is 0 Å². The van der Waals surface area contributed by atoms with E-state index in [2.05, 4.69) is 17.1 Å². The fraction of sp³-hybridized carbons (Fsp3) is 0.333. The molecule has 0 unspecified atom stereocenters. The first-order valence-corrected chi connectivity index (χ1v) is 7.58. The predicted octanol–water partition coefficient (Wildman–Crippen LogP) is 3.85. The van der Waals surface area contributed by atoms with E-state index >= 15 is 0 Å². The van der Waals surface area contributed by atoms with Crippen LogP contribution in [-0.4, -0.2) is 17.4 Å². The van der Waals surface area contributed by atoms with Crippen molar-refractivity contribution in [2.75, 3.05) is 0 Å². The number of esters is 1. The summed E-state index contributed by atoms with van der Waals surface area (Å²) in [6, 6.07) is 14.2. The maximum absolute atomic E-state index is 12.3. The number of ether oxygens (including phenoxy) is 1. The van der Waals surface area contributed by atoms with E-state index in [1.165, 1.54) is 11.8 Å². The molecule has 0 radical (unpaired) electrons. The Morgan fingerprint density at radius 1 is 0.952 bits per heavy atom. The van der Waals surface area contributed by atoms with Crippen LogP contribution in [0.25, 0.3) is 10.8 Å².